The highest BCUT2D eigenvalue weighted by atomic mass is 32.2. The minimum atomic E-state index is -0.683. The summed E-state index contributed by atoms with van der Waals surface area (Å²) >= 11 is 1.78. The topological polar surface area (TPSA) is 59.0 Å². The molecule has 6 heteroatoms. The molecule has 2 amide bonds. The smallest absolute Gasteiger partial charge is 0.434 e. The van der Waals surface area contributed by atoms with Crippen molar-refractivity contribution in [3.63, 3.8) is 0 Å². The lowest BCUT2D eigenvalue weighted by molar-refractivity contribution is -0.125. The van der Waals surface area contributed by atoms with Crippen molar-refractivity contribution in [3.05, 3.63) is 35.9 Å². The van der Waals surface area contributed by atoms with Crippen molar-refractivity contribution in [2.24, 2.45) is 4.99 Å². The summed E-state index contributed by atoms with van der Waals surface area (Å²) in [5, 5.41) is 0.240. The Labute approximate surface area is 140 Å². The minimum absolute atomic E-state index is 0.101. The van der Waals surface area contributed by atoms with E-state index in [1.54, 1.807) is 11.8 Å². The normalized spacial score (nSPS) is 23.3. The number of rotatable bonds is 2. The highest BCUT2D eigenvalue weighted by Gasteiger charge is 2.32. The number of hydrogen-bond acceptors (Lipinski definition) is 4. The molecule has 2 fully saturated rings. The largest absolute Gasteiger partial charge is 0.443 e. The number of carbonyl (C=O) groups is 2. The number of ether oxygens (including phenoxy) is 1. The zero-order valence-corrected chi connectivity index (χ0v) is 13.8. The van der Waals surface area contributed by atoms with Crippen LogP contribution in [0.15, 0.2) is 35.3 Å². The molecule has 1 aromatic rings. The fourth-order valence-electron chi connectivity index (χ4n) is 2.84. The molecule has 0 bridgehead atoms. The van der Waals surface area contributed by atoms with Gasteiger partial charge in [0.05, 0.1) is 5.37 Å². The van der Waals surface area contributed by atoms with Gasteiger partial charge in [0, 0.05) is 18.7 Å². The Bertz CT molecular complexity index is 603. The van der Waals surface area contributed by atoms with Crippen molar-refractivity contribution >= 4 is 29.5 Å². The highest BCUT2D eigenvalue weighted by molar-refractivity contribution is 7.99. The van der Waals surface area contributed by atoms with Gasteiger partial charge in [0.25, 0.3) is 5.91 Å². The van der Waals surface area contributed by atoms with Crippen molar-refractivity contribution in [1.29, 1.82) is 0 Å². The van der Waals surface area contributed by atoms with Crippen molar-refractivity contribution in [2.45, 2.75) is 37.7 Å². The van der Waals surface area contributed by atoms with Crippen molar-refractivity contribution in [1.82, 2.24) is 4.90 Å². The van der Waals surface area contributed by atoms with Gasteiger partial charge in [-0.2, -0.15) is 4.99 Å². The van der Waals surface area contributed by atoms with E-state index < -0.39 is 6.09 Å². The van der Waals surface area contributed by atoms with Gasteiger partial charge in [-0.05, 0) is 24.8 Å². The molecule has 1 atom stereocenters. The lowest BCUT2D eigenvalue weighted by Gasteiger charge is -2.33. The van der Waals surface area contributed by atoms with Crippen LogP contribution in [-0.4, -0.2) is 40.3 Å². The Morgan fingerprint density at radius 2 is 2.13 bits per heavy atom. The van der Waals surface area contributed by atoms with Gasteiger partial charge in [0.15, 0.2) is 0 Å². The summed E-state index contributed by atoms with van der Waals surface area (Å²) in [4.78, 5) is 30.3. The zero-order valence-electron chi connectivity index (χ0n) is 12.9. The number of nitrogens with zero attached hydrogens (tertiary/aromatic N) is 2. The van der Waals surface area contributed by atoms with E-state index in [2.05, 4.69) is 4.99 Å². The van der Waals surface area contributed by atoms with Gasteiger partial charge in [-0.15, -0.1) is 11.8 Å². The molecule has 0 spiro atoms. The second-order valence-corrected chi connectivity index (χ2v) is 6.95. The molecule has 0 radical (unpaired) electrons. The van der Waals surface area contributed by atoms with E-state index in [1.165, 1.54) is 0 Å². The number of aliphatic imine (C=N–C) groups is 1. The first-order valence-electron chi connectivity index (χ1n) is 7.95. The lowest BCUT2D eigenvalue weighted by atomic mass is 10.1. The van der Waals surface area contributed by atoms with E-state index in [1.807, 2.05) is 35.2 Å². The third-order valence-corrected chi connectivity index (χ3v) is 5.35. The van der Waals surface area contributed by atoms with Crippen LogP contribution in [0.2, 0.25) is 0 Å². The number of piperidine rings is 1. The van der Waals surface area contributed by atoms with Crippen LogP contribution >= 0.6 is 11.8 Å². The molecular weight excluding hydrogens is 312 g/mol. The van der Waals surface area contributed by atoms with Crippen LogP contribution in [0.5, 0.6) is 0 Å². The molecule has 122 valence electrons. The number of benzene rings is 1. The molecule has 23 heavy (non-hydrogen) atoms. The van der Waals surface area contributed by atoms with E-state index in [0.717, 1.165) is 37.1 Å². The first-order valence-corrected chi connectivity index (χ1v) is 9.00. The number of fused-ring (bicyclic) bond motifs is 1. The maximum absolute atomic E-state index is 12.6. The molecule has 1 aromatic carbocycles. The molecule has 2 aliphatic rings. The SMILES string of the molecule is O=C(/N=C1\CCSC2CCCCN2C1=O)OCc1ccccc1. The second kappa shape index (κ2) is 7.64. The molecule has 5 nitrogen and oxygen atoms in total. The number of carbonyl (C=O) groups excluding carboxylic acids is 2. The van der Waals surface area contributed by atoms with Gasteiger partial charge in [-0.3, -0.25) is 4.79 Å². The lowest BCUT2D eigenvalue weighted by Crippen LogP contribution is -2.43. The number of thioether (sulfide) groups is 1. The summed E-state index contributed by atoms with van der Waals surface area (Å²) < 4.78 is 5.15. The van der Waals surface area contributed by atoms with Gasteiger partial charge in [-0.25, -0.2) is 4.79 Å². The molecule has 0 aliphatic carbocycles. The monoisotopic (exact) mass is 332 g/mol. The van der Waals surface area contributed by atoms with Crippen LogP contribution in [0.1, 0.15) is 31.2 Å². The number of amides is 2. The molecule has 0 saturated carbocycles. The molecule has 2 aliphatic heterocycles. The fraction of sp³-hybridized carbons (Fsp3) is 0.471. The first-order chi connectivity index (χ1) is 11.2. The Kier molecular flexibility index (Phi) is 5.33. The summed E-state index contributed by atoms with van der Waals surface area (Å²) in [6, 6.07) is 9.44. The van der Waals surface area contributed by atoms with E-state index in [9.17, 15) is 9.59 Å². The molecule has 2 heterocycles. The summed E-state index contributed by atoms with van der Waals surface area (Å²) in [6.07, 6.45) is 3.05. The maximum Gasteiger partial charge on any atom is 0.434 e. The average molecular weight is 332 g/mol. The van der Waals surface area contributed by atoms with Gasteiger partial charge >= 0.3 is 6.09 Å². The second-order valence-electron chi connectivity index (χ2n) is 5.67. The minimum Gasteiger partial charge on any atom is -0.443 e. The van der Waals surface area contributed by atoms with E-state index in [-0.39, 0.29) is 17.9 Å². The Hall–Kier alpha value is -1.82. The van der Waals surface area contributed by atoms with Gasteiger partial charge < -0.3 is 9.64 Å². The van der Waals surface area contributed by atoms with E-state index in [4.69, 9.17) is 4.74 Å². The van der Waals surface area contributed by atoms with Crippen LogP contribution in [0, 0.1) is 0 Å². The maximum atomic E-state index is 12.6. The molecule has 0 N–H and O–H groups in total. The van der Waals surface area contributed by atoms with Crippen LogP contribution in [0.4, 0.5) is 4.79 Å². The Balaban J connectivity index is 1.63. The van der Waals surface area contributed by atoms with Crippen LogP contribution in [-0.2, 0) is 16.1 Å². The Morgan fingerprint density at radius 1 is 1.30 bits per heavy atom. The summed E-state index contributed by atoms with van der Waals surface area (Å²) in [5.41, 5.74) is 1.24. The van der Waals surface area contributed by atoms with Gasteiger partial charge in [0.2, 0.25) is 0 Å². The average Bonchev–Trinajstić information content (AvgIpc) is 2.74. The van der Waals surface area contributed by atoms with Crippen molar-refractivity contribution in [2.75, 3.05) is 12.3 Å². The molecule has 0 aromatic heterocycles. The van der Waals surface area contributed by atoms with E-state index >= 15 is 0 Å². The highest BCUT2D eigenvalue weighted by Crippen LogP contribution is 2.30. The molecule has 3 rings (SSSR count). The van der Waals surface area contributed by atoms with Crippen LogP contribution < -0.4 is 0 Å². The van der Waals surface area contributed by atoms with Crippen LogP contribution in [0.25, 0.3) is 0 Å². The van der Waals surface area contributed by atoms with Crippen molar-refractivity contribution in [3.8, 4) is 0 Å². The fourth-order valence-corrected chi connectivity index (χ4v) is 4.13. The van der Waals surface area contributed by atoms with Crippen LogP contribution in [0.3, 0.4) is 0 Å². The third-order valence-electron chi connectivity index (χ3n) is 4.04. The predicted octanol–water partition coefficient (Wildman–Crippen LogP) is 3.24. The zero-order chi connectivity index (χ0) is 16.1. The summed E-state index contributed by atoms with van der Waals surface area (Å²) in [5.74, 6) is 0.717. The van der Waals surface area contributed by atoms with E-state index in [0.29, 0.717) is 12.1 Å². The first kappa shape index (κ1) is 16.1. The quantitative estimate of drug-likeness (QED) is 0.834. The standard InChI is InChI=1S/C17H20N2O3S/c20-16-14(9-11-23-15-8-4-5-10-19(15)16)18-17(21)22-12-13-6-2-1-3-7-13/h1-3,6-7,15H,4-5,8-12H2/b18-14+. The van der Waals surface area contributed by atoms with Crippen molar-refractivity contribution < 1.29 is 14.3 Å². The summed E-state index contributed by atoms with van der Waals surface area (Å²) in [6.45, 7) is 0.931. The van der Waals surface area contributed by atoms with Gasteiger partial charge in [-0.1, -0.05) is 30.3 Å². The Morgan fingerprint density at radius 3 is 2.96 bits per heavy atom. The number of hydrogen-bond donors (Lipinski definition) is 0. The predicted molar refractivity (Wildman–Crippen MR) is 90.5 cm³/mol. The summed E-state index contributed by atoms with van der Waals surface area (Å²) in [7, 11) is 0. The third kappa shape index (κ3) is 4.13. The van der Waals surface area contributed by atoms with Gasteiger partial charge in [0.1, 0.15) is 12.3 Å². The molecule has 1 unspecified atom stereocenters. The molecule has 2 saturated heterocycles. The molecular formula is C17H20N2O3S.